The first-order valence-electron chi connectivity index (χ1n) is 5.60. The zero-order valence-corrected chi connectivity index (χ0v) is 10.1. The van der Waals surface area contributed by atoms with Crippen LogP contribution in [0.25, 0.3) is 0 Å². The van der Waals surface area contributed by atoms with Gasteiger partial charge in [0, 0.05) is 25.9 Å². The number of aryl methyl sites for hydroxylation is 1. The molecular formula is C13H14N4O. The van der Waals surface area contributed by atoms with Gasteiger partial charge in [-0.2, -0.15) is 10.4 Å². The Morgan fingerprint density at radius 3 is 2.72 bits per heavy atom. The molecule has 92 valence electrons. The molecule has 0 saturated heterocycles. The zero-order valence-electron chi connectivity index (χ0n) is 10.1. The van der Waals surface area contributed by atoms with Gasteiger partial charge in [0.25, 0.3) is 0 Å². The predicted octanol–water partition coefficient (Wildman–Crippen LogP) is 1.93. The van der Waals surface area contributed by atoms with Gasteiger partial charge >= 0.3 is 0 Å². The van der Waals surface area contributed by atoms with E-state index in [1.54, 1.807) is 4.68 Å². The molecule has 0 fully saturated rings. The number of nitrogens with zero attached hydrogens (tertiary/aromatic N) is 3. The number of nitrogens with one attached hydrogen (secondary N) is 1. The lowest BCUT2D eigenvalue weighted by Crippen LogP contribution is -2.01. The zero-order chi connectivity index (χ0) is 12.8. The number of ether oxygens (including phenoxy) is 1. The molecular weight excluding hydrogens is 228 g/mol. The smallest absolute Gasteiger partial charge is 0.174 e. The molecule has 0 unspecified atom stereocenters. The predicted molar refractivity (Wildman–Crippen MR) is 68.1 cm³/mol. The number of benzene rings is 1. The van der Waals surface area contributed by atoms with Crippen molar-refractivity contribution in [2.24, 2.45) is 7.05 Å². The van der Waals surface area contributed by atoms with Crippen molar-refractivity contribution >= 4 is 5.82 Å². The maximum absolute atomic E-state index is 8.40. The van der Waals surface area contributed by atoms with Gasteiger partial charge in [-0.15, -0.1) is 0 Å². The fourth-order valence-corrected chi connectivity index (χ4v) is 1.52. The molecule has 5 heteroatoms. The second kappa shape index (κ2) is 5.73. The normalized spacial score (nSPS) is 9.78. The summed E-state index contributed by atoms with van der Waals surface area (Å²) >= 11 is 0. The molecule has 0 aliphatic heterocycles. The van der Waals surface area contributed by atoms with Gasteiger partial charge in [-0.1, -0.05) is 12.1 Å². The lowest BCUT2D eigenvalue weighted by molar-refractivity contribution is 0.368. The van der Waals surface area contributed by atoms with Crippen molar-refractivity contribution in [3.05, 3.63) is 42.1 Å². The Morgan fingerprint density at radius 1 is 1.33 bits per heavy atom. The quantitative estimate of drug-likeness (QED) is 0.870. The third-order valence-electron chi connectivity index (χ3n) is 2.41. The first-order chi connectivity index (χ1) is 8.78. The van der Waals surface area contributed by atoms with Crippen molar-refractivity contribution in [1.82, 2.24) is 9.78 Å². The van der Waals surface area contributed by atoms with Crippen LogP contribution in [0.2, 0.25) is 0 Å². The van der Waals surface area contributed by atoms with Crippen molar-refractivity contribution < 1.29 is 4.74 Å². The van der Waals surface area contributed by atoms with E-state index in [1.165, 1.54) is 0 Å². The van der Waals surface area contributed by atoms with Gasteiger partial charge in [0.1, 0.15) is 17.6 Å². The minimum Gasteiger partial charge on any atom is -0.479 e. The summed E-state index contributed by atoms with van der Waals surface area (Å²) in [6.45, 7) is 0.779. The van der Waals surface area contributed by atoms with Crippen LogP contribution in [0.15, 0.2) is 36.5 Å². The number of aromatic nitrogens is 2. The van der Waals surface area contributed by atoms with Gasteiger partial charge in [-0.05, 0) is 17.7 Å². The summed E-state index contributed by atoms with van der Waals surface area (Å²) in [7, 11) is 1.88. The van der Waals surface area contributed by atoms with Crippen molar-refractivity contribution in [3.8, 4) is 11.8 Å². The average Bonchev–Trinajstić information content (AvgIpc) is 2.81. The number of rotatable bonds is 5. The van der Waals surface area contributed by atoms with Crippen LogP contribution < -0.4 is 10.1 Å². The van der Waals surface area contributed by atoms with Crippen LogP contribution in [0.1, 0.15) is 5.56 Å². The van der Waals surface area contributed by atoms with Gasteiger partial charge in [0.05, 0.1) is 0 Å². The molecule has 0 bridgehead atoms. The summed E-state index contributed by atoms with van der Waals surface area (Å²) < 4.78 is 6.93. The summed E-state index contributed by atoms with van der Waals surface area (Å²) in [6.07, 6.45) is 1.89. The van der Waals surface area contributed by atoms with Gasteiger partial charge in [0.15, 0.2) is 6.61 Å². The molecule has 0 atom stereocenters. The average molecular weight is 242 g/mol. The van der Waals surface area contributed by atoms with E-state index >= 15 is 0 Å². The van der Waals surface area contributed by atoms with Crippen molar-refractivity contribution in [3.63, 3.8) is 0 Å². The molecule has 0 aliphatic carbocycles. The molecule has 2 aromatic rings. The number of anilines is 1. The molecule has 5 nitrogen and oxygen atoms in total. The second-order valence-corrected chi connectivity index (χ2v) is 3.82. The Kier molecular flexibility index (Phi) is 3.82. The van der Waals surface area contributed by atoms with Gasteiger partial charge in [-0.3, -0.25) is 4.68 Å². The molecule has 0 spiro atoms. The van der Waals surface area contributed by atoms with Gasteiger partial charge in [0.2, 0.25) is 0 Å². The first kappa shape index (κ1) is 12.0. The Balaban J connectivity index is 1.88. The standard InChI is InChI=1S/C13H14N4O/c1-17-8-6-13(16-17)15-10-11-2-4-12(5-3-11)18-9-7-14/h2-6,8H,9-10H2,1H3,(H,15,16). The molecule has 1 heterocycles. The van der Waals surface area contributed by atoms with Crippen LogP contribution in [0.5, 0.6) is 5.75 Å². The second-order valence-electron chi connectivity index (χ2n) is 3.82. The fourth-order valence-electron chi connectivity index (χ4n) is 1.52. The van der Waals surface area contributed by atoms with Crippen LogP contribution >= 0.6 is 0 Å². The molecule has 0 aliphatic rings. The van der Waals surface area contributed by atoms with E-state index in [0.29, 0.717) is 12.3 Å². The SMILES string of the molecule is Cn1ccc(NCc2ccc(OCC#N)cc2)n1. The maximum atomic E-state index is 8.40. The van der Waals surface area contributed by atoms with Crippen LogP contribution in [0.4, 0.5) is 5.82 Å². The highest BCUT2D eigenvalue weighted by atomic mass is 16.5. The van der Waals surface area contributed by atoms with E-state index in [-0.39, 0.29) is 6.61 Å². The topological polar surface area (TPSA) is 62.9 Å². The highest BCUT2D eigenvalue weighted by molar-refractivity contribution is 5.35. The fraction of sp³-hybridized carbons (Fsp3) is 0.231. The Morgan fingerprint density at radius 2 is 2.11 bits per heavy atom. The summed E-state index contributed by atoms with van der Waals surface area (Å²) in [5.41, 5.74) is 1.13. The minimum atomic E-state index is 0.0749. The van der Waals surface area contributed by atoms with Crippen LogP contribution in [0, 0.1) is 11.3 Å². The Labute approximate surface area is 106 Å². The van der Waals surface area contributed by atoms with E-state index < -0.39 is 0 Å². The summed E-state index contributed by atoms with van der Waals surface area (Å²) in [5, 5.41) is 15.8. The van der Waals surface area contributed by atoms with E-state index in [4.69, 9.17) is 10.00 Å². The van der Waals surface area contributed by atoms with E-state index in [1.807, 2.05) is 49.6 Å². The maximum Gasteiger partial charge on any atom is 0.174 e. The van der Waals surface area contributed by atoms with Crippen LogP contribution in [-0.2, 0) is 13.6 Å². The van der Waals surface area contributed by atoms with Gasteiger partial charge in [-0.25, -0.2) is 0 Å². The highest BCUT2D eigenvalue weighted by Crippen LogP contribution is 2.13. The molecule has 0 amide bonds. The Hall–Kier alpha value is -2.48. The molecule has 1 aromatic heterocycles. The van der Waals surface area contributed by atoms with Crippen LogP contribution in [-0.4, -0.2) is 16.4 Å². The third kappa shape index (κ3) is 3.25. The number of hydrogen-bond donors (Lipinski definition) is 1. The summed E-state index contributed by atoms with van der Waals surface area (Å²) in [5.74, 6) is 1.56. The lowest BCUT2D eigenvalue weighted by Gasteiger charge is -2.05. The van der Waals surface area contributed by atoms with E-state index in [9.17, 15) is 0 Å². The largest absolute Gasteiger partial charge is 0.479 e. The van der Waals surface area contributed by atoms with Crippen molar-refractivity contribution in [2.75, 3.05) is 11.9 Å². The molecule has 1 N–H and O–H groups in total. The number of nitriles is 1. The summed E-state index contributed by atoms with van der Waals surface area (Å²) in [4.78, 5) is 0. The van der Waals surface area contributed by atoms with Crippen molar-refractivity contribution in [2.45, 2.75) is 6.54 Å². The highest BCUT2D eigenvalue weighted by Gasteiger charge is 1.98. The minimum absolute atomic E-state index is 0.0749. The summed E-state index contributed by atoms with van der Waals surface area (Å²) in [6, 6.07) is 11.5. The lowest BCUT2D eigenvalue weighted by atomic mass is 10.2. The van der Waals surface area contributed by atoms with Crippen LogP contribution in [0.3, 0.4) is 0 Å². The van der Waals surface area contributed by atoms with Gasteiger partial charge < -0.3 is 10.1 Å². The molecule has 0 saturated carbocycles. The van der Waals surface area contributed by atoms with E-state index in [2.05, 4.69) is 10.4 Å². The first-order valence-corrected chi connectivity index (χ1v) is 5.60. The molecule has 18 heavy (non-hydrogen) atoms. The number of hydrogen-bond acceptors (Lipinski definition) is 4. The van der Waals surface area contributed by atoms with Crippen molar-refractivity contribution in [1.29, 1.82) is 5.26 Å². The Bertz CT molecular complexity index is 539. The van der Waals surface area contributed by atoms with E-state index in [0.717, 1.165) is 11.4 Å². The monoisotopic (exact) mass is 242 g/mol. The molecule has 0 radical (unpaired) electrons. The third-order valence-corrected chi connectivity index (χ3v) is 2.41. The molecule has 1 aromatic carbocycles. The molecule has 2 rings (SSSR count).